The Morgan fingerprint density at radius 1 is 1.22 bits per heavy atom. The number of nitrogens with zero attached hydrogens (tertiary/aromatic N) is 2. The molecule has 9 nitrogen and oxygen atoms in total. The Morgan fingerprint density at radius 2 is 1.94 bits per heavy atom. The predicted molar refractivity (Wildman–Crippen MR) is 123 cm³/mol. The number of benzene rings is 1. The number of rotatable bonds is 6. The second-order valence-corrected chi connectivity index (χ2v) is 8.68. The summed E-state index contributed by atoms with van der Waals surface area (Å²) >= 11 is 3.60. The molecule has 0 radical (unpaired) electrons. The summed E-state index contributed by atoms with van der Waals surface area (Å²) in [5.74, 6) is 2.21. The molecule has 4 N–H and O–H groups in total. The third-order valence-corrected chi connectivity index (χ3v) is 6.69. The Morgan fingerprint density at radius 3 is 2.62 bits per heavy atom. The molecular weight excluding hydrogens is 478 g/mol. The average molecular weight is 500 g/mol. The maximum absolute atomic E-state index is 11.5. The van der Waals surface area contributed by atoms with Crippen LogP contribution in [0.3, 0.4) is 0 Å². The lowest BCUT2D eigenvalue weighted by Crippen LogP contribution is -2.41. The number of aromatic amines is 1. The van der Waals surface area contributed by atoms with Crippen LogP contribution >= 0.6 is 15.9 Å². The molecule has 1 fully saturated rings. The van der Waals surface area contributed by atoms with Gasteiger partial charge in [0.1, 0.15) is 34.5 Å². The van der Waals surface area contributed by atoms with Crippen LogP contribution in [-0.2, 0) is 4.74 Å². The number of primary amides is 1. The van der Waals surface area contributed by atoms with E-state index >= 15 is 0 Å². The Hall–Kier alpha value is -3.27. The van der Waals surface area contributed by atoms with Crippen LogP contribution in [0.2, 0.25) is 0 Å². The van der Waals surface area contributed by atoms with Gasteiger partial charge in [0.15, 0.2) is 5.65 Å². The molecule has 1 amide bonds. The van der Waals surface area contributed by atoms with E-state index in [0.717, 1.165) is 16.6 Å². The molecule has 1 aromatic carbocycles. The van der Waals surface area contributed by atoms with Crippen molar-refractivity contribution in [3.63, 3.8) is 0 Å². The van der Waals surface area contributed by atoms with Gasteiger partial charge < -0.3 is 30.2 Å². The van der Waals surface area contributed by atoms with Gasteiger partial charge in [0, 0.05) is 18.0 Å². The fraction of sp³-hybridized carbons (Fsp3) is 0.318. The van der Waals surface area contributed by atoms with Crippen LogP contribution in [0.25, 0.3) is 22.6 Å². The molecule has 2 aliphatic carbocycles. The summed E-state index contributed by atoms with van der Waals surface area (Å²) in [6.45, 7) is 0. The summed E-state index contributed by atoms with van der Waals surface area (Å²) in [6.07, 6.45) is 5.75. The number of nitrogens with two attached hydrogens (primary N) is 1. The van der Waals surface area contributed by atoms with Gasteiger partial charge in [-0.15, -0.1) is 0 Å². The zero-order chi connectivity index (χ0) is 22.4. The second-order valence-electron chi connectivity index (χ2n) is 7.82. The highest BCUT2D eigenvalue weighted by molar-refractivity contribution is 9.10. The number of halogens is 1. The van der Waals surface area contributed by atoms with Crippen molar-refractivity contribution in [1.29, 1.82) is 0 Å². The molecule has 0 aliphatic heterocycles. The van der Waals surface area contributed by atoms with Gasteiger partial charge in [0.2, 0.25) is 0 Å². The number of aromatic nitrogens is 3. The average Bonchev–Trinajstić information content (AvgIpc) is 3.50. The number of fused-ring (bicyclic) bond motifs is 3. The van der Waals surface area contributed by atoms with Gasteiger partial charge in [-0.3, -0.25) is 0 Å². The number of nitrogens with one attached hydrogen (secondary N) is 2. The van der Waals surface area contributed by atoms with Crippen molar-refractivity contribution in [3.8, 4) is 22.9 Å². The second kappa shape index (κ2) is 8.01. The first-order valence-corrected chi connectivity index (χ1v) is 11.0. The molecular formula is C22H22BrN5O4. The van der Waals surface area contributed by atoms with Crippen molar-refractivity contribution in [3.05, 3.63) is 41.0 Å². The summed E-state index contributed by atoms with van der Waals surface area (Å²) < 4.78 is 17.3. The van der Waals surface area contributed by atoms with Crippen molar-refractivity contribution in [2.24, 2.45) is 17.6 Å². The molecule has 2 bridgehead atoms. The summed E-state index contributed by atoms with van der Waals surface area (Å²) in [6, 6.07) is 5.43. The number of methoxy groups -OCH3 is 2. The topological polar surface area (TPSA) is 124 Å². The standard InChI is InChI=1S/C22H22BrN5O4/c1-30-13-4-3-5-14(31-2)15(13)20-27-18-17(12(23)9-25-21(18)28-20)26-16-10-6-7-11(8-10)19(16)32-22(24)29/h3-7,9-11,16,19H,8H2,1-2H3,(H2,24,29)(H2,25,26,27,28)/t10-,11+,16+,19-/m0/s1. The maximum atomic E-state index is 11.5. The van der Waals surface area contributed by atoms with Gasteiger partial charge in [0.05, 0.1) is 30.4 Å². The third kappa shape index (κ3) is 3.35. The molecule has 3 aromatic rings. The van der Waals surface area contributed by atoms with Gasteiger partial charge in [0.25, 0.3) is 0 Å². The monoisotopic (exact) mass is 499 g/mol. The summed E-state index contributed by atoms with van der Waals surface area (Å²) in [4.78, 5) is 24.0. The first kappa shape index (κ1) is 20.6. The van der Waals surface area contributed by atoms with Gasteiger partial charge in [-0.1, -0.05) is 18.2 Å². The number of amides is 1. The number of anilines is 1. The summed E-state index contributed by atoms with van der Waals surface area (Å²) in [5, 5.41) is 3.56. The quantitative estimate of drug-likeness (QED) is 0.439. The van der Waals surface area contributed by atoms with Crippen LogP contribution in [0.15, 0.2) is 41.0 Å². The number of carbonyl (C=O) groups excluding carboxylic acids is 1. The van der Waals surface area contributed by atoms with E-state index in [2.05, 4.69) is 48.4 Å². The number of imidazole rings is 1. The molecule has 0 unspecified atom stereocenters. The van der Waals surface area contributed by atoms with Crippen molar-refractivity contribution >= 4 is 38.9 Å². The number of H-pyrrole nitrogens is 1. The lowest BCUT2D eigenvalue weighted by Gasteiger charge is -2.29. The van der Waals surface area contributed by atoms with Gasteiger partial charge >= 0.3 is 6.09 Å². The minimum absolute atomic E-state index is 0.119. The van der Waals surface area contributed by atoms with Crippen LogP contribution in [0.4, 0.5) is 10.5 Å². The minimum Gasteiger partial charge on any atom is -0.496 e. The summed E-state index contributed by atoms with van der Waals surface area (Å²) in [5.41, 5.74) is 8.07. The lowest BCUT2D eigenvalue weighted by atomic mass is 9.98. The van der Waals surface area contributed by atoms with E-state index in [1.165, 1.54) is 0 Å². The van der Waals surface area contributed by atoms with Gasteiger partial charge in [-0.25, -0.2) is 14.8 Å². The molecule has 32 heavy (non-hydrogen) atoms. The highest BCUT2D eigenvalue weighted by Crippen LogP contribution is 2.44. The molecule has 2 aromatic heterocycles. The van der Waals surface area contributed by atoms with Crippen LogP contribution in [0, 0.1) is 11.8 Å². The smallest absolute Gasteiger partial charge is 0.404 e. The highest BCUT2D eigenvalue weighted by atomic mass is 79.9. The van der Waals surface area contributed by atoms with Crippen LogP contribution < -0.4 is 20.5 Å². The predicted octanol–water partition coefficient (Wildman–Crippen LogP) is 3.85. The summed E-state index contributed by atoms with van der Waals surface area (Å²) in [7, 11) is 3.20. The van der Waals surface area contributed by atoms with E-state index in [-0.39, 0.29) is 24.0 Å². The molecule has 0 spiro atoms. The van der Waals surface area contributed by atoms with Gasteiger partial charge in [-0.2, -0.15) is 0 Å². The molecule has 2 heterocycles. The molecule has 2 aliphatic rings. The Bertz CT molecular complexity index is 1200. The maximum Gasteiger partial charge on any atom is 0.404 e. The number of ether oxygens (including phenoxy) is 3. The first-order valence-electron chi connectivity index (χ1n) is 10.2. The fourth-order valence-electron chi connectivity index (χ4n) is 4.71. The van der Waals surface area contributed by atoms with Gasteiger partial charge in [-0.05, 0) is 34.5 Å². The Labute approximate surface area is 192 Å². The molecule has 4 atom stereocenters. The number of carbonyl (C=O) groups is 1. The molecule has 5 rings (SSSR count). The van der Waals surface area contributed by atoms with E-state index in [0.29, 0.717) is 34.1 Å². The van der Waals surface area contributed by atoms with E-state index in [9.17, 15) is 4.79 Å². The van der Waals surface area contributed by atoms with Crippen molar-refractivity contribution < 1.29 is 19.0 Å². The normalized spacial score (nSPS) is 23.5. The largest absolute Gasteiger partial charge is 0.496 e. The van der Waals surface area contributed by atoms with Crippen LogP contribution in [0.1, 0.15) is 6.42 Å². The zero-order valence-corrected chi connectivity index (χ0v) is 19.0. The van der Waals surface area contributed by atoms with E-state index in [1.54, 1.807) is 20.4 Å². The fourth-order valence-corrected chi connectivity index (χ4v) is 5.12. The zero-order valence-electron chi connectivity index (χ0n) is 17.5. The van der Waals surface area contributed by atoms with E-state index < -0.39 is 6.09 Å². The van der Waals surface area contributed by atoms with Crippen LogP contribution in [0.5, 0.6) is 11.5 Å². The van der Waals surface area contributed by atoms with E-state index in [1.807, 2.05) is 18.2 Å². The Balaban J connectivity index is 1.57. The third-order valence-electron chi connectivity index (χ3n) is 6.09. The SMILES string of the molecule is COc1cccc(OC)c1-c1nc2ncc(Br)c(N[C@H]3[C@@H](OC(N)=O)[C@@H]4C=C[C@H]3C4)c2[nH]1. The van der Waals surface area contributed by atoms with E-state index in [4.69, 9.17) is 19.9 Å². The minimum atomic E-state index is -0.770. The lowest BCUT2D eigenvalue weighted by molar-refractivity contribution is 0.0854. The number of pyridine rings is 1. The van der Waals surface area contributed by atoms with Crippen molar-refractivity contribution in [2.75, 3.05) is 19.5 Å². The number of hydrogen-bond donors (Lipinski definition) is 3. The molecule has 166 valence electrons. The molecule has 0 saturated heterocycles. The van der Waals surface area contributed by atoms with Crippen molar-refractivity contribution in [1.82, 2.24) is 15.0 Å². The molecule has 1 saturated carbocycles. The number of hydrogen-bond acceptors (Lipinski definition) is 7. The molecule has 10 heteroatoms. The Kier molecular flexibility index (Phi) is 5.16. The van der Waals surface area contributed by atoms with Crippen molar-refractivity contribution in [2.45, 2.75) is 18.6 Å². The van der Waals surface area contributed by atoms with Crippen LogP contribution in [-0.4, -0.2) is 47.4 Å². The first-order chi connectivity index (χ1) is 15.5. The highest BCUT2D eigenvalue weighted by Gasteiger charge is 2.47.